The number of nitrogens with zero attached hydrogens (tertiary/aromatic N) is 2. The topological polar surface area (TPSA) is 79.1 Å². The smallest absolute Gasteiger partial charge is 0.326 e. The number of aryl methyl sites for hydroxylation is 1. The maximum atomic E-state index is 13.0. The van der Waals surface area contributed by atoms with E-state index in [0.717, 1.165) is 16.6 Å². The van der Waals surface area contributed by atoms with Crippen molar-refractivity contribution in [1.29, 1.82) is 0 Å². The number of para-hydroxylation sites is 1. The van der Waals surface area contributed by atoms with Crippen LogP contribution in [0, 0.1) is 0 Å². The Morgan fingerprint density at radius 3 is 2.57 bits per heavy atom. The molecule has 1 aromatic heterocycles. The lowest BCUT2D eigenvalue weighted by atomic mass is 10.1. The van der Waals surface area contributed by atoms with Gasteiger partial charge in [-0.3, -0.25) is 9.59 Å². The molecule has 3 rings (SSSR count). The summed E-state index contributed by atoms with van der Waals surface area (Å²) in [5, 5.41) is 0. The van der Waals surface area contributed by atoms with Crippen molar-refractivity contribution in [3.8, 4) is 11.5 Å². The van der Waals surface area contributed by atoms with Crippen LogP contribution < -0.4 is 14.3 Å². The van der Waals surface area contributed by atoms with Crippen LogP contribution >= 0.6 is 11.3 Å². The maximum absolute atomic E-state index is 13.0. The third-order valence-electron chi connectivity index (χ3n) is 4.58. The van der Waals surface area contributed by atoms with Crippen molar-refractivity contribution >= 4 is 33.4 Å². The Hall–Kier alpha value is -3.13. The monoisotopic (exact) mass is 428 g/mol. The molecule has 0 saturated heterocycles. The van der Waals surface area contributed by atoms with Gasteiger partial charge in [-0.2, -0.15) is 4.99 Å². The number of hydrogen-bond acceptors (Lipinski definition) is 6. The van der Waals surface area contributed by atoms with E-state index in [9.17, 15) is 9.59 Å². The molecule has 3 aromatic rings. The fourth-order valence-corrected chi connectivity index (χ4v) is 4.21. The van der Waals surface area contributed by atoms with Gasteiger partial charge in [0, 0.05) is 0 Å². The number of benzene rings is 2. The lowest BCUT2D eigenvalue weighted by molar-refractivity contribution is -0.143. The van der Waals surface area contributed by atoms with Gasteiger partial charge in [0.25, 0.3) is 5.91 Å². The van der Waals surface area contributed by atoms with Crippen molar-refractivity contribution in [2.24, 2.45) is 4.99 Å². The summed E-state index contributed by atoms with van der Waals surface area (Å²) >= 11 is 1.36. The van der Waals surface area contributed by atoms with Gasteiger partial charge in [-0.05, 0) is 43.2 Å². The zero-order valence-electron chi connectivity index (χ0n) is 17.4. The molecule has 0 bridgehead atoms. The highest BCUT2D eigenvalue weighted by Gasteiger charge is 2.18. The molecule has 30 heavy (non-hydrogen) atoms. The zero-order valence-corrected chi connectivity index (χ0v) is 18.2. The Labute approximate surface area is 178 Å². The SMILES string of the molecule is CCOC(=O)Cn1c(=NC(=O)c2cccc(OC)c2OC)sc2cc(CC)ccc21. The first kappa shape index (κ1) is 21.6. The summed E-state index contributed by atoms with van der Waals surface area (Å²) in [6, 6.07) is 11.0. The number of carbonyl (C=O) groups is 2. The summed E-state index contributed by atoms with van der Waals surface area (Å²) in [6.07, 6.45) is 0.887. The van der Waals surface area contributed by atoms with E-state index in [1.807, 2.05) is 12.1 Å². The van der Waals surface area contributed by atoms with Crippen LogP contribution in [0.15, 0.2) is 41.4 Å². The highest BCUT2D eigenvalue weighted by Crippen LogP contribution is 2.31. The van der Waals surface area contributed by atoms with E-state index in [4.69, 9.17) is 14.2 Å². The minimum absolute atomic E-state index is 0.0271. The van der Waals surface area contributed by atoms with Gasteiger partial charge in [0.2, 0.25) is 0 Å². The van der Waals surface area contributed by atoms with E-state index in [2.05, 4.69) is 18.0 Å². The number of thiazole rings is 1. The lowest BCUT2D eigenvalue weighted by Crippen LogP contribution is -2.23. The first-order valence-corrected chi connectivity index (χ1v) is 10.4. The quantitative estimate of drug-likeness (QED) is 0.538. The number of rotatable bonds is 7. The van der Waals surface area contributed by atoms with Crippen molar-refractivity contribution in [1.82, 2.24) is 4.57 Å². The van der Waals surface area contributed by atoms with Crippen LogP contribution in [0.1, 0.15) is 29.8 Å². The van der Waals surface area contributed by atoms with Crippen molar-refractivity contribution in [2.45, 2.75) is 26.8 Å². The van der Waals surface area contributed by atoms with Crippen LogP contribution in [0.25, 0.3) is 10.2 Å². The van der Waals surface area contributed by atoms with Gasteiger partial charge in [0.1, 0.15) is 6.54 Å². The summed E-state index contributed by atoms with van der Waals surface area (Å²) in [7, 11) is 2.98. The Morgan fingerprint density at radius 2 is 1.90 bits per heavy atom. The Kier molecular flexibility index (Phi) is 6.89. The van der Waals surface area contributed by atoms with Crippen LogP contribution in [0.2, 0.25) is 0 Å². The number of amides is 1. The van der Waals surface area contributed by atoms with Crippen molar-refractivity contribution in [3.63, 3.8) is 0 Å². The van der Waals surface area contributed by atoms with Gasteiger partial charge >= 0.3 is 5.97 Å². The molecule has 2 aromatic carbocycles. The van der Waals surface area contributed by atoms with Crippen LogP contribution in [0.3, 0.4) is 0 Å². The predicted molar refractivity (Wildman–Crippen MR) is 115 cm³/mol. The predicted octanol–water partition coefficient (Wildman–Crippen LogP) is 3.59. The summed E-state index contributed by atoms with van der Waals surface area (Å²) in [5.41, 5.74) is 2.28. The van der Waals surface area contributed by atoms with E-state index in [0.29, 0.717) is 16.3 Å². The second-order valence-corrected chi connectivity index (χ2v) is 7.40. The summed E-state index contributed by atoms with van der Waals surface area (Å²) < 4.78 is 18.4. The number of esters is 1. The Balaban J connectivity index is 2.15. The normalized spacial score (nSPS) is 11.5. The Bertz CT molecular complexity index is 1150. The molecule has 0 radical (unpaired) electrons. The minimum Gasteiger partial charge on any atom is -0.493 e. The third kappa shape index (κ3) is 4.38. The molecular formula is C22H24N2O5S. The maximum Gasteiger partial charge on any atom is 0.326 e. The van der Waals surface area contributed by atoms with Crippen molar-refractivity contribution < 1.29 is 23.8 Å². The molecule has 1 heterocycles. The Morgan fingerprint density at radius 1 is 1.10 bits per heavy atom. The molecule has 0 atom stereocenters. The second-order valence-electron chi connectivity index (χ2n) is 6.39. The molecule has 0 unspecified atom stereocenters. The molecule has 0 saturated carbocycles. The number of fused-ring (bicyclic) bond motifs is 1. The van der Waals surface area contributed by atoms with Gasteiger partial charge in [0.05, 0.1) is 36.6 Å². The molecule has 0 spiro atoms. The first-order chi connectivity index (χ1) is 14.5. The number of aromatic nitrogens is 1. The molecule has 0 aliphatic heterocycles. The number of methoxy groups -OCH3 is 2. The average molecular weight is 429 g/mol. The van der Waals surface area contributed by atoms with Gasteiger partial charge < -0.3 is 18.8 Å². The molecule has 7 nitrogen and oxygen atoms in total. The standard InChI is InChI=1S/C22H24N2O5S/c1-5-14-10-11-16-18(12-14)30-22(24(16)13-19(25)29-6-2)23-21(26)15-8-7-9-17(27-3)20(15)28-4/h7-12H,5-6,13H2,1-4H3. The highest BCUT2D eigenvalue weighted by atomic mass is 32.1. The summed E-state index contributed by atoms with van der Waals surface area (Å²) in [4.78, 5) is 29.9. The van der Waals surface area contributed by atoms with E-state index >= 15 is 0 Å². The van der Waals surface area contributed by atoms with Crippen LogP contribution in [-0.4, -0.2) is 37.3 Å². The summed E-state index contributed by atoms with van der Waals surface area (Å²) in [5.74, 6) is -0.0998. The number of carbonyl (C=O) groups excluding carboxylic acids is 2. The lowest BCUT2D eigenvalue weighted by Gasteiger charge is -2.10. The number of ether oxygens (including phenoxy) is 3. The molecule has 0 fully saturated rings. The first-order valence-electron chi connectivity index (χ1n) is 9.60. The second kappa shape index (κ2) is 9.58. The zero-order chi connectivity index (χ0) is 21.7. The van der Waals surface area contributed by atoms with Gasteiger partial charge in [-0.25, -0.2) is 0 Å². The number of hydrogen-bond donors (Lipinski definition) is 0. The van der Waals surface area contributed by atoms with E-state index in [-0.39, 0.29) is 24.7 Å². The van der Waals surface area contributed by atoms with Gasteiger partial charge in [-0.15, -0.1) is 0 Å². The van der Waals surface area contributed by atoms with Crippen molar-refractivity contribution in [3.05, 3.63) is 52.3 Å². The molecular weight excluding hydrogens is 404 g/mol. The molecule has 0 N–H and O–H groups in total. The fraction of sp³-hybridized carbons (Fsp3) is 0.318. The average Bonchev–Trinajstić information content (AvgIpc) is 3.08. The molecule has 1 amide bonds. The van der Waals surface area contributed by atoms with Gasteiger partial charge in [0.15, 0.2) is 16.3 Å². The minimum atomic E-state index is -0.481. The molecule has 8 heteroatoms. The van der Waals surface area contributed by atoms with E-state index in [1.54, 1.807) is 29.7 Å². The molecule has 0 aliphatic rings. The molecule has 0 aliphatic carbocycles. The van der Waals surface area contributed by atoms with Gasteiger partial charge in [-0.1, -0.05) is 30.4 Å². The van der Waals surface area contributed by atoms with Crippen LogP contribution in [0.4, 0.5) is 0 Å². The van der Waals surface area contributed by atoms with E-state index < -0.39 is 5.91 Å². The highest BCUT2D eigenvalue weighted by molar-refractivity contribution is 7.16. The fourth-order valence-electron chi connectivity index (χ4n) is 3.11. The largest absolute Gasteiger partial charge is 0.493 e. The van der Waals surface area contributed by atoms with E-state index in [1.165, 1.54) is 31.1 Å². The van der Waals surface area contributed by atoms with Crippen LogP contribution in [-0.2, 0) is 22.5 Å². The third-order valence-corrected chi connectivity index (χ3v) is 5.62. The summed E-state index contributed by atoms with van der Waals surface area (Å²) in [6.45, 7) is 4.09. The van der Waals surface area contributed by atoms with Crippen molar-refractivity contribution in [2.75, 3.05) is 20.8 Å². The molecule has 158 valence electrons. The van der Waals surface area contributed by atoms with Crippen LogP contribution in [0.5, 0.6) is 11.5 Å².